The van der Waals surface area contributed by atoms with Crippen molar-refractivity contribution < 1.29 is 19.4 Å². The van der Waals surface area contributed by atoms with Crippen LogP contribution >= 0.6 is 11.6 Å². The van der Waals surface area contributed by atoms with E-state index in [9.17, 15) is 9.90 Å². The lowest BCUT2D eigenvalue weighted by atomic mass is 9.89. The smallest absolute Gasteiger partial charge is 0.310 e. The monoisotopic (exact) mass is 286 g/mol. The maximum Gasteiger partial charge on any atom is 0.310 e. The number of hydrogen-bond donors (Lipinski definition) is 1. The van der Waals surface area contributed by atoms with Crippen LogP contribution in [0.15, 0.2) is 6.07 Å². The number of carboxylic acid groups (broad SMARTS) is 1. The maximum absolute atomic E-state index is 11.2. The fraction of sp³-hybridized carbons (Fsp3) is 0.500. The van der Waals surface area contributed by atoms with E-state index in [0.717, 1.165) is 5.56 Å². The molecule has 0 saturated heterocycles. The van der Waals surface area contributed by atoms with E-state index in [-0.39, 0.29) is 5.92 Å². The minimum atomic E-state index is -0.898. The first-order valence-electron chi connectivity index (χ1n) is 6.02. The van der Waals surface area contributed by atoms with Crippen LogP contribution in [-0.2, 0) is 4.79 Å². The Bertz CT molecular complexity index is 483. The molecule has 19 heavy (non-hydrogen) atoms. The summed E-state index contributed by atoms with van der Waals surface area (Å²) in [5, 5.41) is 9.62. The lowest BCUT2D eigenvalue weighted by Gasteiger charge is -2.21. The predicted molar refractivity (Wildman–Crippen MR) is 74.7 cm³/mol. The third kappa shape index (κ3) is 2.95. The van der Waals surface area contributed by atoms with Gasteiger partial charge in [-0.15, -0.1) is 0 Å². The maximum atomic E-state index is 11.2. The van der Waals surface area contributed by atoms with Gasteiger partial charge >= 0.3 is 5.97 Å². The van der Waals surface area contributed by atoms with E-state index in [0.29, 0.717) is 22.1 Å². The van der Waals surface area contributed by atoms with Crippen molar-refractivity contribution in [3.05, 3.63) is 22.2 Å². The first kappa shape index (κ1) is 15.6. The van der Waals surface area contributed by atoms with Crippen molar-refractivity contribution in [3.63, 3.8) is 0 Å². The molecule has 1 N–H and O–H groups in total. The van der Waals surface area contributed by atoms with Crippen molar-refractivity contribution in [1.29, 1.82) is 0 Å². The van der Waals surface area contributed by atoms with Crippen LogP contribution in [0.25, 0.3) is 0 Å². The molecule has 1 aromatic carbocycles. The second-order valence-corrected chi connectivity index (χ2v) is 5.02. The van der Waals surface area contributed by atoms with Crippen LogP contribution in [0, 0.1) is 0 Å². The summed E-state index contributed by atoms with van der Waals surface area (Å²) in [4.78, 5) is 11.2. The minimum Gasteiger partial charge on any atom is -0.493 e. The molecule has 0 fully saturated rings. The second-order valence-electron chi connectivity index (χ2n) is 4.64. The number of benzene rings is 1. The zero-order valence-electron chi connectivity index (χ0n) is 11.8. The van der Waals surface area contributed by atoms with E-state index in [2.05, 4.69) is 0 Å². The molecular formula is C14H19ClO4. The van der Waals surface area contributed by atoms with Gasteiger partial charge in [-0.1, -0.05) is 25.4 Å². The Morgan fingerprint density at radius 3 is 2.21 bits per heavy atom. The van der Waals surface area contributed by atoms with Gasteiger partial charge in [-0.05, 0) is 30.0 Å². The summed E-state index contributed by atoms with van der Waals surface area (Å²) in [5.41, 5.74) is 1.44. The van der Waals surface area contributed by atoms with Crippen LogP contribution in [0.1, 0.15) is 43.7 Å². The molecule has 0 aliphatic rings. The third-order valence-electron chi connectivity index (χ3n) is 3.10. The summed E-state index contributed by atoms with van der Waals surface area (Å²) in [6.07, 6.45) is 0. The Labute approximate surface area is 118 Å². The molecule has 0 aliphatic carbocycles. The predicted octanol–water partition coefficient (Wildman–Crippen LogP) is 3.67. The second kappa shape index (κ2) is 6.15. The van der Waals surface area contributed by atoms with E-state index in [1.165, 1.54) is 14.2 Å². The molecule has 1 rings (SSSR count). The highest BCUT2D eigenvalue weighted by Gasteiger charge is 2.26. The molecule has 106 valence electrons. The molecule has 1 aromatic rings. The molecule has 0 saturated carbocycles. The number of methoxy groups -OCH3 is 2. The molecule has 0 bridgehead atoms. The van der Waals surface area contributed by atoms with Gasteiger partial charge in [0.25, 0.3) is 0 Å². The molecule has 1 unspecified atom stereocenters. The standard InChI is InChI=1S/C14H19ClO4/c1-7(2)11-9(8(3)14(16)17)6-10(18-4)13(19-5)12(11)15/h6-8H,1-5H3,(H,16,17). The number of ether oxygens (including phenoxy) is 2. The fourth-order valence-electron chi connectivity index (χ4n) is 2.06. The Kier molecular flexibility index (Phi) is 5.06. The normalized spacial score (nSPS) is 12.4. The van der Waals surface area contributed by atoms with Gasteiger partial charge in [0.05, 0.1) is 25.2 Å². The summed E-state index contributed by atoms with van der Waals surface area (Å²) in [5.74, 6) is -0.585. The molecule has 0 aromatic heterocycles. The molecule has 0 amide bonds. The highest BCUT2D eigenvalue weighted by Crippen LogP contribution is 2.44. The quantitative estimate of drug-likeness (QED) is 0.897. The average Bonchev–Trinajstić information content (AvgIpc) is 2.35. The van der Waals surface area contributed by atoms with Crippen molar-refractivity contribution in [2.75, 3.05) is 14.2 Å². The lowest BCUT2D eigenvalue weighted by molar-refractivity contribution is -0.138. The highest BCUT2D eigenvalue weighted by atomic mass is 35.5. The van der Waals surface area contributed by atoms with Crippen molar-refractivity contribution >= 4 is 17.6 Å². The number of carbonyl (C=O) groups is 1. The molecule has 0 aliphatic heterocycles. The average molecular weight is 287 g/mol. The first-order chi connectivity index (χ1) is 8.84. The number of hydrogen-bond acceptors (Lipinski definition) is 3. The molecule has 0 spiro atoms. The van der Waals surface area contributed by atoms with Gasteiger partial charge in [0.1, 0.15) is 0 Å². The fourth-order valence-corrected chi connectivity index (χ4v) is 2.56. The van der Waals surface area contributed by atoms with Crippen molar-refractivity contribution in [2.45, 2.75) is 32.6 Å². The van der Waals surface area contributed by atoms with Gasteiger partial charge < -0.3 is 14.6 Å². The number of halogens is 1. The molecule has 4 nitrogen and oxygen atoms in total. The van der Waals surface area contributed by atoms with E-state index in [1.54, 1.807) is 13.0 Å². The van der Waals surface area contributed by atoms with Crippen molar-refractivity contribution in [1.82, 2.24) is 0 Å². The van der Waals surface area contributed by atoms with Gasteiger partial charge in [-0.25, -0.2) is 0 Å². The largest absolute Gasteiger partial charge is 0.493 e. The third-order valence-corrected chi connectivity index (χ3v) is 3.47. The van der Waals surface area contributed by atoms with Crippen LogP contribution in [0.4, 0.5) is 0 Å². The number of rotatable bonds is 5. The Hall–Kier alpha value is -1.42. The van der Waals surface area contributed by atoms with Crippen molar-refractivity contribution in [3.8, 4) is 11.5 Å². The lowest BCUT2D eigenvalue weighted by Crippen LogP contribution is -2.12. The zero-order chi connectivity index (χ0) is 14.7. The van der Waals surface area contributed by atoms with E-state index < -0.39 is 11.9 Å². The molecular weight excluding hydrogens is 268 g/mol. The van der Waals surface area contributed by atoms with Crippen LogP contribution in [-0.4, -0.2) is 25.3 Å². The Balaban J connectivity index is 3.61. The van der Waals surface area contributed by atoms with E-state index in [1.807, 2.05) is 13.8 Å². The summed E-state index contributed by atoms with van der Waals surface area (Å²) < 4.78 is 10.5. The SMILES string of the molecule is COc1cc(C(C)C(=O)O)c(C(C)C)c(Cl)c1OC. The van der Waals surface area contributed by atoms with Crippen LogP contribution in [0.5, 0.6) is 11.5 Å². The van der Waals surface area contributed by atoms with Gasteiger partial charge in [0.2, 0.25) is 0 Å². The summed E-state index contributed by atoms with van der Waals surface area (Å²) in [6.45, 7) is 5.56. The topological polar surface area (TPSA) is 55.8 Å². The van der Waals surface area contributed by atoms with Crippen LogP contribution in [0.3, 0.4) is 0 Å². The van der Waals surface area contributed by atoms with Crippen LogP contribution in [0.2, 0.25) is 5.02 Å². The van der Waals surface area contributed by atoms with Crippen LogP contribution < -0.4 is 9.47 Å². The minimum absolute atomic E-state index is 0.0871. The summed E-state index contributed by atoms with van der Waals surface area (Å²) >= 11 is 6.34. The number of aliphatic carboxylic acids is 1. The molecule has 5 heteroatoms. The van der Waals surface area contributed by atoms with Crippen molar-refractivity contribution in [2.24, 2.45) is 0 Å². The Morgan fingerprint density at radius 2 is 1.84 bits per heavy atom. The van der Waals surface area contributed by atoms with Gasteiger partial charge in [0, 0.05) is 0 Å². The van der Waals surface area contributed by atoms with E-state index >= 15 is 0 Å². The zero-order valence-corrected chi connectivity index (χ0v) is 12.5. The molecule has 0 heterocycles. The molecule has 1 atom stereocenters. The molecule has 0 radical (unpaired) electrons. The van der Waals surface area contributed by atoms with Gasteiger partial charge in [-0.3, -0.25) is 4.79 Å². The first-order valence-corrected chi connectivity index (χ1v) is 6.39. The highest BCUT2D eigenvalue weighted by molar-refractivity contribution is 6.33. The van der Waals surface area contributed by atoms with Gasteiger partial charge in [-0.2, -0.15) is 0 Å². The van der Waals surface area contributed by atoms with E-state index in [4.69, 9.17) is 21.1 Å². The summed E-state index contributed by atoms with van der Waals surface area (Å²) in [6, 6.07) is 1.69. The summed E-state index contributed by atoms with van der Waals surface area (Å²) in [7, 11) is 3.01. The Morgan fingerprint density at radius 1 is 1.26 bits per heavy atom. The van der Waals surface area contributed by atoms with Gasteiger partial charge in [0.15, 0.2) is 11.5 Å². The number of carboxylic acids is 1.